The van der Waals surface area contributed by atoms with Crippen LogP contribution in [0.5, 0.6) is 5.75 Å². The van der Waals surface area contributed by atoms with Crippen LogP contribution in [0.4, 0.5) is 8.78 Å². The second-order valence-corrected chi connectivity index (χ2v) is 6.71. The van der Waals surface area contributed by atoms with Gasteiger partial charge in [0.2, 0.25) is 0 Å². The fraction of sp³-hybridized carbons (Fsp3) is 0.238. The van der Waals surface area contributed by atoms with Crippen LogP contribution < -0.4 is 4.74 Å². The van der Waals surface area contributed by atoms with Crippen LogP contribution in [-0.2, 0) is 0 Å². The minimum Gasteiger partial charge on any atom is -0.487 e. The Morgan fingerprint density at radius 3 is 2.64 bits per heavy atom. The molecule has 0 aliphatic carbocycles. The Balaban J connectivity index is 1.43. The number of benzene rings is 2. The van der Waals surface area contributed by atoms with Crippen molar-refractivity contribution in [3.05, 3.63) is 71.9 Å². The van der Waals surface area contributed by atoms with Gasteiger partial charge in [-0.25, -0.2) is 8.78 Å². The number of aromatic amines is 1. The van der Waals surface area contributed by atoms with Crippen molar-refractivity contribution in [3.8, 4) is 17.0 Å². The number of carbonyl (C=O) groups is 1. The molecule has 0 unspecified atom stereocenters. The molecule has 1 saturated heterocycles. The molecule has 0 atom stereocenters. The van der Waals surface area contributed by atoms with Crippen molar-refractivity contribution < 1.29 is 18.3 Å². The molecule has 0 spiro atoms. The van der Waals surface area contributed by atoms with Gasteiger partial charge in [-0.15, -0.1) is 0 Å². The number of para-hydroxylation sites is 1. The normalized spacial score (nSPS) is 14.9. The average Bonchev–Trinajstić information content (AvgIpc) is 3.20. The molecule has 0 radical (unpaired) electrons. The molecule has 28 heavy (non-hydrogen) atoms. The molecule has 7 heteroatoms. The number of carbonyl (C=O) groups excluding carboxylic acids is 1. The molecule has 1 aliphatic rings. The van der Waals surface area contributed by atoms with E-state index in [4.69, 9.17) is 4.74 Å². The fourth-order valence-corrected chi connectivity index (χ4v) is 3.38. The Morgan fingerprint density at radius 1 is 1.11 bits per heavy atom. The van der Waals surface area contributed by atoms with Gasteiger partial charge >= 0.3 is 0 Å². The van der Waals surface area contributed by atoms with Gasteiger partial charge < -0.3 is 9.64 Å². The standard InChI is InChI=1S/C21H19F2N3O2/c22-15-5-3-4-14(12-15)20-17(13-24-25-20)21(27)26-10-8-16(9-11-26)28-19-7-2-1-6-18(19)23/h1-7,12-13,16H,8-11H2,(H,24,25). The predicted molar refractivity (Wildman–Crippen MR) is 99.9 cm³/mol. The summed E-state index contributed by atoms with van der Waals surface area (Å²) in [6.07, 6.45) is 2.53. The van der Waals surface area contributed by atoms with Crippen LogP contribution in [0.25, 0.3) is 11.3 Å². The highest BCUT2D eigenvalue weighted by atomic mass is 19.1. The summed E-state index contributed by atoms with van der Waals surface area (Å²) in [5.41, 5.74) is 1.46. The monoisotopic (exact) mass is 383 g/mol. The number of hydrogen-bond acceptors (Lipinski definition) is 3. The first-order chi connectivity index (χ1) is 13.6. The molecule has 0 saturated carbocycles. The smallest absolute Gasteiger partial charge is 0.257 e. The summed E-state index contributed by atoms with van der Waals surface area (Å²) < 4.78 is 33.0. The van der Waals surface area contributed by atoms with Crippen molar-refractivity contribution >= 4 is 5.91 Å². The molecule has 5 nitrogen and oxygen atoms in total. The van der Waals surface area contributed by atoms with Gasteiger partial charge in [-0.2, -0.15) is 5.10 Å². The zero-order valence-corrected chi connectivity index (χ0v) is 15.1. The number of nitrogens with one attached hydrogen (secondary N) is 1. The average molecular weight is 383 g/mol. The van der Waals surface area contributed by atoms with E-state index in [1.807, 2.05) is 0 Å². The molecule has 144 valence electrons. The van der Waals surface area contributed by atoms with Gasteiger partial charge in [-0.05, 0) is 24.3 Å². The van der Waals surface area contributed by atoms with E-state index in [0.29, 0.717) is 42.8 Å². The number of ether oxygens (including phenoxy) is 1. The van der Waals surface area contributed by atoms with Crippen LogP contribution in [0.1, 0.15) is 23.2 Å². The van der Waals surface area contributed by atoms with Gasteiger partial charge in [-0.3, -0.25) is 9.89 Å². The number of nitrogens with zero attached hydrogens (tertiary/aromatic N) is 2. The van der Waals surface area contributed by atoms with Crippen LogP contribution in [0.2, 0.25) is 0 Å². The summed E-state index contributed by atoms with van der Waals surface area (Å²) >= 11 is 0. The van der Waals surface area contributed by atoms with Gasteiger partial charge in [0.1, 0.15) is 11.9 Å². The number of halogens is 2. The van der Waals surface area contributed by atoms with E-state index < -0.39 is 0 Å². The first-order valence-corrected chi connectivity index (χ1v) is 9.11. The van der Waals surface area contributed by atoms with Crippen LogP contribution >= 0.6 is 0 Å². The Kier molecular flexibility index (Phi) is 5.06. The molecule has 3 aromatic rings. The van der Waals surface area contributed by atoms with Crippen molar-refractivity contribution in [1.82, 2.24) is 15.1 Å². The summed E-state index contributed by atoms with van der Waals surface area (Å²) in [4.78, 5) is 14.6. The van der Waals surface area contributed by atoms with E-state index in [1.165, 1.54) is 24.4 Å². The topological polar surface area (TPSA) is 58.2 Å². The van der Waals surface area contributed by atoms with Crippen LogP contribution in [-0.4, -0.2) is 40.2 Å². The predicted octanol–water partition coefficient (Wildman–Crippen LogP) is 4.04. The van der Waals surface area contributed by atoms with Gasteiger partial charge in [0.05, 0.1) is 17.5 Å². The third kappa shape index (κ3) is 3.74. The number of H-pyrrole nitrogens is 1. The molecule has 2 heterocycles. The minimum atomic E-state index is -0.390. The highest BCUT2D eigenvalue weighted by Gasteiger charge is 2.27. The van der Waals surface area contributed by atoms with Crippen molar-refractivity contribution in [2.45, 2.75) is 18.9 Å². The molecule has 1 aliphatic heterocycles. The lowest BCUT2D eigenvalue weighted by Crippen LogP contribution is -2.41. The Hall–Kier alpha value is -3.22. The zero-order chi connectivity index (χ0) is 19.5. The molecule has 0 bridgehead atoms. The van der Waals surface area contributed by atoms with Crippen LogP contribution in [0, 0.1) is 11.6 Å². The number of rotatable bonds is 4. The fourth-order valence-electron chi connectivity index (χ4n) is 3.38. The summed E-state index contributed by atoms with van der Waals surface area (Å²) in [6, 6.07) is 12.3. The number of aromatic nitrogens is 2. The maximum absolute atomic E-state index is 13.7. The Bertz CT molecular complexity index is 981. The largest absolute Gasteiger partial charge is 0.487 e. The third-order valence-corrected chi connectivity index (χ3v) is 4.84. The summed E-state index contributed by atoms with van der Waals surface area (Å²) in [5, 5.41) is 6.75. The van der Waals surface area contributed by atoms with Gasteiger partial charge in [0.25, 0.3) is 5.91 Å². The number of amides is 1. The molecule has 1 fully saturated rings. The molecule has 1 aromatic heterocycles. The van der Waals surface area contributed by atoms with Crippen LogP contribution in [0.15, 0.2) is 54.7 Å². The second kappa shape index (κ2) is 7.80. The van der Waals surface area contributed by atoms with E-state index in [2.05, 4.69) is 10.2 Å². The first-order valence-electron chi connectivity index (χ1n) is 9.11. The lowest BCUT2D eigenvalue weighted by molar-refractivity contribution is 0.0589. The second-order valence-electron chi connectivity index (χ2n) is 6.71. The van der Waals surface area contributed by atoms with Crippen molar-refractivity contribution in [1.29, 1.82) is 0 Å². The van der Waals surface area contributed by atoms with Crippen molar-refractivity contribution in [2.75, 3.05) is 13.1 Å². The highest BCUT2D eigenvalue weighted by Crippen LogP contribution is 2.26. The molecule has 4 rings (SSSR count). The maximum atomic E-state index is 13.7. The van der Waals surface area contributed by atoms with Gasteiger partial charge in [0, 0.05) is 31.5 Å². The number of piperidine rings is 1. The highest BCUT2D eigenvalue weighted by molar-refractivity contribution is 5.99. The number of likely N-dealkylation sites (tertiary alicyclic amines) is 1. The zero-order valence-electron chi connectivity index (χ0n) is 15.1. The molecule has 1 N–H and O–H groups in total. The minimum absolute atomic E-state index is 0.145. The quantitative estimate of drug-likeness (QED) is 0.740. The van der Waals surface area contributed by atoms with E-state index in [-0.39, 0.29) is 29.4 Å². The lowest BCUT2D eigenvalue weighted by atomic mass is 10.0. The van der Waals surface area contributed by atoms with E-state index in [1.54, 1.807) is 35.2 Å². The summed E-state index contributed by atoms with van der Waals surface area (Å²) in [5.74, 6) is -0.705. The Labute approximate surface area is 160 Å². The molecular formula is C21H19F2N3O2. The van der Waals surface area contributed by atoms with Gasteiger partial charge in [-0.1, -0.05) is 24.3 Å². The summed E-state index contributed by atoms with van der Waals surface area (Å²) in [7, 11) is 0. The number of hydrogen-bond donors (Lipinski definition) is 1. The third-order valence-electron chi connectivity index (χ3n) is 4.84. The molecular weight excluding hydrogens is 364 g/mol. The van der Waals surface area contributed by atoms with Gasteiger partial charge in [0.15, 0.2) is 11.6 Å². The lowest BCUT2D eigenvalue weighted by Gasteiger charge is -2.32. The SMILES string of the molecule is O=C(c1cn[nH]c1-c1cccc(F)c1)N1CCC(Oc2ccccc2F)CC1. The molecule has 2 aromatic carbocycles. The van der Waals surface area contributed by atoms with Crippen LogP contribution in [0.3, 0.4) is 0 Å². The maximum Gasteiger partial charge on any atom is 0.257 e. The summed E-state index contributed by atoms with van der Waals surface area (Å²) in [6.45, 7) is 0.984. The van der Waals surface area contributed by atoms with Crippen molar-refractivity contribution in [2.24, 2.45) is 0 Å². The van der Waals surface area contributed by atoms with Crippen molar-refractivity contribution in [3.63, 3.8) is 0 Å². The van der Waals surface area contributed by atoms with E-state index in [0.717, 1.165) is 0 Å². The van der Waals surface area contributed by atoms with E-state index in [9.17, 15) is 13.6 Å². The first kappa shape index (κ1) is 18.2. The molecule has 1 amide bonds. The van der Waals surface area contributed by atoms with E-state index >= 15 is 0 Å². The Morgan fingerprint density at radius 2 is 1.89 bits per heavy atom.